The molecule has 0 aliphatic carbocycles. The average molecular weight is 370 g/mol. The van der Waals surface area contributed by atoms with Gasteiger partial charge in [-0.3, -0.25) is 4.79 Å². The van der Waals surface area contributed by atoms with Gasteiger partial charge >= 0.3 is 0 Å². The van der Waals surface area contributed by atoms with Gasteiger partial charge in [0, 0.05) is 30.8 Å². The maximum Gasteiger partial charge on any atom is 0.253 e. The van der Waals surface area contributed by atoms with Gasteiger partial charge in [0.15, 0.2) is 11.6 Å². The lowest BCUT2D eigenvalue weighted by Crippen LogP contribution is -2.48. The maximum atomic E-state index is 15.0. The predicted octanol–water partition coefficient (Wildman–Crippen LogP) is 1.78. The van der Waals surface area contributed by atoms with Crippen LogP contribution in [0, 0.1) is 5.82 Å². The molecule has 142 valence electrons. The number of halogens is 1. The van der Waals surface area contributed by atoms with Gasteiger partial charge in [-0.2, -0.15) is 0 Å². The number of amides is 1. The summed E-state index contributed by atoms with van der Waals surface area (Å²) in [6.07, 6.45) is 1.99. The molecule has 2 aromatic rings. The molecule has 0 spiro atoms. The van der Waals surface area contributed by atoms with Crippen molar-refractivity contribution in [1.82, 2.24) is 10.3 Å². The Balaban J connectivity index is 1.63. The number of nitrogens with two attached hydrogens (primary N) is 1. The summed E-state index contributed by atoms with van der Waals surface area (Å²) in [4.78, 5) is 16.7. The van der Waals surface area contributed by atoms with Crippen LogP contribution in [-0.2, 0) is 24.1 Å². The normalized spacial score (nSPS) is 21.6. The second kappa shape index (κ2) is 7.62. The predicted molar refractivity (Wildman–Crippen MR) is 100 cm³/mol. The third kappa shape index (κ3) is 3.65. The zero-order chi connectivity index (χ0) is 18.8. The third-order valence-corrected chi connectivity index (χ3v) is 5.18. The van der Waals surface area contributed by atoms with Crippen LogP contribution >= 0.6 is 0 Å². The summed E-state index contributed by atoms with van der Waals surface area (Å²) in [5, 5.41) is 5.86. The smallest absolute Gasteiger partial charge is 0.253 e. The summed E-state index contributed by atoms with van der Waals surface area (Å²) in [6, 6.07) is 9.65. The van der Waals surface area contributed by atoms with Gasteiger partial charge in [0.2, 0.25) is 0 Å². The fourth-order valence-corrected chi connectivity index (χ4v) is 3.66. The van der Waals surface area contributed by atoms with E-state index in [1.807, 2.05) is 30.3 Å². The molecule has 0 radical (unpaired) electrons. The fourth-order valence-electron chi connectivity index (χ4n) is 3.66. The van der Waals surface area contributed by atoms with Gasteiger partial charge in [-0.05, 0) is 24.8 Å². The molecule has 6 nitrogen and oxygen atoms in total. The van der Waals surface area contributed by atoms with Gasteiger partial charge in [0.1, 0.15) is 0 Å². The van der Waals surface area contributed by atoms with Crippen molar-refractivity contribution in [2.45, 2.75) is 37.9 Å². The molecule has 2 aliphatic rings. The second-order valence-corrected chi connectivity index (χ2v) is 7.02. The third-order valence-electron chi connectivity index (χ3n) is 5.18. The number of fused-ring (bicyclic) bond motifs is 1. The summed E-state index contributed by atoms with van der Waals surface area (Å²) >= 11 is 0. The lowest BCUT2D eigenvalue weighted by atomic mass is 10.0. The van der Waals surface area contributed by atoms with Gasteiger partial charge < -0.3 is 21.1 Å². The molecule has 1 fully saturated rings. The zero-order valence-electron chi connectivity index (χ0n) is 15.0. The molecule has 1 aromatic heterocycles. The van der Waals surface area contributed by atoms with Crippen LogP contribution in [0.2, 0.25) is 0 Å². The Bertz CT molecular complexity index is 844. The van der Waals surface area contributed by atoms with E-state index >= 15 is 0 Å². The number of aryl methyl sites for hydroxylation is 2. The number of benzene rings is 1. The van der Waals surface area contributed by atoms with E-state index in [2.05, 4.69) is 15.6 Å². The Kier molecular flexibility index (Phi) is 5.05. The van der Waals surface area contributed by atoms with Crippen LogP contribution in [0.4, 0.5) is 10.2 Å². The number of aromatic nitrogens is 1. The van der Waals surface area contributed by atoms with Crippen LogP contribution in [0.25, 0.3) is 0 Å². The Morgan fingerprint density at radius 1 is 1.30 bits per heavy atom. The Morgan fingerprint density at radius 2 is 2.11 bits per heavy atom. The lowest BCUT2D eigenvalue weighted by molar-refractivity contribution is 0.0751. The minimum Gasteiger partial charge on any atom is -0.380 e. The minimum absolute atomic E-state index is 0.106. The van der Waals surface area contributed by atoms with E-state index < -0.39 is 5.82 Å². The van der Waals surface area contributed by atoms with E-state index in [0.717, 1.165) is 12.0 Å². The van der Waals surface area contributed by atoms with E-state index in [9.17, 15) is 9.18 Å². The molecular weight excluding hydrogens is 347 g/mol. The van der Waals surface area contributed by atoms with E-state index in [1.54, 1.807) is 0 Å². The summed E-state index contributed by atoms with van der Waals surface area (Å²) in [7, 11) is 0. The van der Waals surface area contributed by atoms with E-state index in [0.29, 0.717) is 42.9 Å². The van der Waals surface area contributed by atoms with Crippen molar-refractivity contribution in [3.05, 3.63) is 58.5 Å². The molecule has 2 aliphatic heterocycles. The van der Waals surface area contributed by atoms with Gasteiger partial charge in [0.25, 0.3) is 5.91 Å². The van der Waals surface area contributed by atoms with Crippen molar-refractivity contribution in [2.24, 2.45) is 5.73 Å². The maximum absolute atomic E-state index is 15.0. The quantitative estimate of drug-likeness (QED) is 0.747. The van der Waals surface area contributed by atoms with Crippen molar-refractivity contribution >= 4 is 11.7 Å². The number of anilines is 1. The van der Waals surface area contributed by atoms with Crippen LogP contribution in [0.1, 0.15) is 33.6 Å². The van der Waals surface area contributed by atoms with Crippen molar-refractivity contribution < 1.29 is 13.9 Å². The van der Waals surface area contributed by atoms with E-state index in [4.69, 9.17) is 10.5 Å². The number of carbonyl (C=O) groups is 1. The molecule has 0 saturated carbocycles. The topological polar surface area (TPSA) is 89.3 Å². The van der Waals surface area contributed by atoms with Gasteiger partial charge in [-0.15, -0.1) is 0 Å². The molecule has 4 rings (SSSR count). The van der Waals surface area contributed by atoms with E-state index in [1.165, 1.54) is 0 Å². The second-order valence-electron chi connectivity index (χ2n) is 7.02. The molecular formula is C20H23FN4O2. The number of hydrogen-bond donors (Lipinski definition) is 3. The molecule has 27 heavy (non-hydrogen) atoms. The number of pyridine rings is 1. The van der Waals surface area contributed by atoms with Crippen LogP contribution in [-0.4, -0.2) is 36.2 Å². The largest absolute Gasteiger partial charge is 0.380 e. The summed E-state index contributed by atoms with van der Waals surface area (Å²) < 4.78 is 20.3. The van der Waals surface area contributed by atoms with Gasteiger partial charge in [-0.1, -0.05) is 30.3 Å². The highest BCUT2D eigenvalue weighted by Gasteiger charge is 2.31. The zero-order valence-corrected chi connectivity index (χ0v) is 15.0. The first-order valence-electron chi connectivity index (χ1n) is 9.26. The van der Waals surface area contributed by atoms with Crippen molar-refractivity contribution in [3.63, 3.8) is 0 Å². The van der Waals surface area contributed by atoms with E-state index in [-0.39, 0.29) is 30.4 Å². The fraction of sp³-hybridized carbons (Fsp3) is 0.400. The molecule has 3 heterocycles. The van der Waals surface area contributed by atoms with Gasteiger partial charge in [-0.25, -0.2) is 9.37 Å². The Morgan fingerprint density at radius 3 is 2.89 bits per heavy atom. The molecule has 7 heteroatoms. The number of rotatable bonds is 5. The standard InChI is InChI=1S/C20H23FN4O2/c21-18-13-10-23-20(26)17(13)16(7-6-12-4-2-1-3-5-12)25-19(18)24-15-8-9-27-11-14(15)22/h1-5,14-15H,6-11,22H2,(H,23,26)(H,24,25). The van der Waals surface area contributed by atoms with Gasteiger partial charge in [0.05, 0.1) is 17.9 Å². The minimum atomic E-state index is -0.467. The first-order chi connectivity index (χ1) is 13.1. The molecule has 1 saturated heterocycles. The number of carbonyl (C=O) groups excluding carboxylic acids is 1. The summed E-state index contributed by atoms with van der Waals surface area (Å²) in [6.45, 7) is 1.21. The number of nitrogens with zero attached hydrogens (tertiary/aromatic N) is 1. The summed E-state index contributed by atoms with van der Waals surface area (Å²) in [5.74, 6) is -0.546. The van der Waals surface area contributed by atoms with Crippen molar-refractivity contribution in [3.8, 4) is 0 Å². The first-order valence-corrected chi connectivity index (χ1v) is 9.26. The molecule has 2 atom stereocenters. The highest BCUT2D eigenvalue weighted by Crippen LogP contribution is 2.28. The number of ether oxygens (including phenoxy) is 1. The van der Waals surface area contributed by atoms with Crippen LogP contribution < -0.4 is 16.4 Å². The van der Waals surface area contributed by atoms with Crippen LogP contribution in [0.3, 0.4) is 0 Å². The van der Waals surface area contributed by atoms with Crippen LogP contribution in [0.15, 0.2) is 30.3 Å². The SMILES string of the molecule is NC1COCCC1Nc1nc(CCc2ccccc2)c2c(c1F)CNC2=O. The Hall–Kier alpha value is -2.51. The number of hydrogen-bond acceptors (Lipinski definition) is 5. The van der Waals surface area contributed by atoms with Crippen LogP contribution in [0.5, 0.6) is 0 Å². The number of nitrogens with one attached hydrogen (secondary N) is 2. The monoisotopic (exact) mass is 370 g/mol. The molecule has 1 amide bonds. The van der Waals surface area contributed by atoms with Crippen molar-refractivity contribution in [1.29, 1.82) is 0 Å². The molecule has 2 unspecified atom stereocenters. The van der Waals surface area contributed by atoms with Crippen molar-refractivity contribution in [2.75, 3.05) is 18.5 Å². The molecule has 0 bridgehead atoms. The highest BCUT2D eigenvalue weighted by molar-refractivity contribution is 5.99. The first kappa shape index (κ1) is 17.9. The highest BCUT2D eigenvalue weighted by atomic mass is 19.1. The average Bonchev–Trinajstić information content (AvgIpc) is 3.08. The molecule has 4 N–H and O–H groups in total. The Labute approximate surface area is 157 Å². The molecule has 1 aromatic carbocycles. The summed E-state index contributed by atoms with van der Waals surface area (Å²) in [5.41, 5.74) is 8.62. The lowest BCUT2D eigenvalue weighted by Gasteiger charge is -2.30.